The zero-order valence-corrected chi connectivity index (χ0v) is 6.62. The average Bonchev–Trinajstić information content (AvgIpc) is 1.94. The van der Waals surface area contributed by atoms with E-state index in [0.29, 0.717) is 6.47 Å². The third kappa shape index (κ3) is 3.37. The molecule has 0 aliphatic carbocycles. The lowest BCUT2D eigenvalue weighted by atomic mass is 10.1. The second-order valence-corrected chi connectivity index (χ2v) is 2.75. The van der Waals surface area contributed by atoms with Crippen LogP contribution in [0.3, 0.4) is 0 Å². The molecule has 11 heavy (non-hydrogen) atoms. The molecule has 0 aromatic carbocycles. The molecule has 1 saturated heterocycles. The SMILES string of the molecule is O=CO[C@@H]1CCCCOCC1. The number of rotatable bonds is 2. The molecule has 1 aliphatic rings. The van der Waals surface area contributed by atoms with E-state index in [2.05, 4.69) is 0 Å². The van der Waals surface area contributed by atoms with Crippen molar-refractivity contribution in [1.82, 2.24) is 0 Å². The highest BCUT2D eigenvalue weighted by molar-refractivity contribution is 5.37. The van der Waals surface area contributed by atoms with Crippen molar-refractivity contribution in [3.8, 4) is 0 Å². The van der Waals surface area contributed by atoms with Crippen LogP contribution in [0.25, 0.3) is 0 Å². The predicted octanol–water partition coefficient (Wildman–Crippen LogP) is 1.12. The Morgan fingerprint density at radius 1 is 1.27 bits per heavy atom. The maximum atomic E-state index is 10.0. The van der Waals surface area contributed by atoms with Gasteiger partial charge in [0, 0.05) is 13.0 Å². The number of ether oxygens (including phenoxy) is 2. The predicted molar refractivity (Wildman–Crippen MR) is 40.2 cm³/mol. The number of carbonyl (C=O) groups excluding carboxylic acids is 1. The molecule has 1 atom stereocenters. The zero-order chi connectivity index (χ0) is 7.94. The Balaban J connectivity index is 2.20. The summed E-state index contributed by atoms with van der Waals surface area (Å²) in [6, 6.07) is 0. The van der Waals surface area contributed by atoms with Gasteiger partial charge in [-0.05, 0) is 19.3 Å². The molecule has 1 aliphatic heterocycles. The summed E-state index contributed by atoms with van der Waals surface area (Å²) in [7, 11) is 0. The van der Waals surface area contributed by atoms with Crippen LogP contribution in [0.5, 0.6) is 0 Å². The minimum Gasteiger partial charge on any atom is -0.464 e. The summed E-state index contributed by atoms with van der Waals surface area (Å²) in [6.07, 6.45) is 4.10. The molecular formula is C8H14O3. The van der Waals surface area contributed by atoms with Crippen LogP contribution in [0, 0.1) is 0 Å². The molecule has 0 saturated carbocycles. The molecule has 0 unspecified atom stereocenters. The fraction of sp³-hybridized carbons (Fsp3) is 0.875. The lowest BCUT2D eigenvalue weighted by molar-refractivity contribution is -0.135. The summed E-state index contributed by atoms with van der Waals surface area (Å²) in [5.41, 5.74) is 0. The van der Waals surface area contributed by atoms with Gasteiger partial charge in [0.25, 0.3) is 6.47 Å². The second kappa shape index (κ2) is 5.13. The van der Waals surface area contributed by atoms with Crippen molar-refractivity contribution in [2.24, 2.45) is 0 Å². The maximum absolute atomic E-state index is 10.0. The van der Waals surface area contributed by atoms with Crippen molar-refractivity contribution in [1.29, 1.82) is 0 Å². The van der Waals surface area contributed by atoms with Crippen LogP contribution in [0.2, 0.25) is 0 Å². The molecule has 0 bridgehead atoms. The van der Waals surface area contributed by atoms with E-state index in [1.54, 1.807) is 0 Å². The molecule has 0 amide bonds. The van der Waals surface area contributed by atoms with Crippen LogP contribution >= 0.6 is 0 Å². The number of hydrogen-bond acceptors (Lipinski definition) is 3. The first-order valence-corrected chi connectivity index (χ1v) is 4.10. The van der Waals surface area contributed by atoms with Gasteiger partial charge in [-0.3, -0.25) is 4.79 Å². The minimum atomic E-state index is 0.0906. The molecule has 0 radical (unpaired) electrons. The van der Waals surface area contributed by atoms with Gasteiger partial charge < -0.3 is 9.47 Å². The van der Waals surface area contributed by atoms with Crippen molar-refractivity contribution < 1.29 is 14.3 Å². The van der Waals surface area contributed by atoms with Gasteiger partial charge in [0.05, 0.1) is 6.61 Å². The monoisotopic (exact) mass is 158 g/mol. The second-order valence-electron chi connectivity index (χ2n) is 2.75. The van der Waals surface area contributed by atoms with E-state index in [1.165, 1.54) is 0 Å². The fourth-order valence-electron chi connectivity index (χ4n) is 1.25. The maximum Gasteiger partial charge on any atom is 0.293 e. The van der Waals surface area contributed by atoms with E-state index in [4.69, 9.17) is 9.47 Å². The van der Waals surface area contributed by atoms with Crippen LogP contribution in [0.4, 0.5) is 0 Å². The number of hydrogen-bond donors (Lipinski definition) is 0. The third-order valence-corrected chi connectivity index (χ3v) is 1.90. The fourth-order valence-corrected chi connectivity index (χ4v) is 1.25. The van der Waals surface area contributed by atoms with Gasteiger partial charge in [0.15, 0.2) is 0 Å². The van der Waals surface area contributed by atoms with Crippen LogP contribution in [0.15, 0.2) is 0 Å². The Kier molecular flexibility index (Phi) is 3.98. The summed E-state index contributed by atoms with van der Waals surface area (Å²) >= 11 is 0. The average molecular weight is 158 g/mol. The van der Waals surface area contributed by atoms with Crippen molar-refractivity contribution in [2.75, 3.05) is 13.2 Å². The molecule has 0 N–H and O–H groups in total. The quantitative estimate of drug-likeness (QED) is 0.565. The van der Waals surface area contributed by atoms with Crippen molar-refractivity contribution in [3.05, 3.63) is 0 Å². The van der Waals surface area contributed by atoms with E-state index in [9.17, 15) is 4.79 Å². The highest BCUT2D eigenvalue weighted by Gasteiger charge is 2.10. The lowest BCUT2D eigenvalue weighted by Crippen LogP contribution is -2.17. The normalized spacial score (nSPS) is 26.7. The molecule has 3 heteroatoms. The van der Waals surface area contributed by atoms with E-state index < -0.39 is 0 Å². The minimum absolute atomic E-state index is 0.0906. The van der Waals surface area contributed by atoms with Crippen molar-refractivity contribution in [2.45, 2.75) is 31.8 Å². The first kappa shape index (κ1) is 8.53. The third-order valence-electron chi connectivity index (χ3n) is 1.90. The molecule has 1 heterocycles. The van der Waals surface area contributed by atoms with Gasteiger partial charge in [-0.1, -0.05) is 0 Å². The molecule has 0 aromatic rings. The molecular weight excluding hydrogens is 144 g/mol. The standard InChI is InChI=1S/C8H14O3/c9-7-11-8-3-1-2-5-10-6-4-8/h7-8H,1-6H2/t8-/m1/s1. The van der Waals surface area contributed by atoms with E-state index in [0.717, 1.165) is 38.9 Å². The summed E-state index contributed by atoms with van der Waals surface area (Å²) in [5.74, 6) is 0. The van der Waals surface area contributed by atoms with Crippen LogP contribution in [-0.4, -0.2) is 25.8 Å². The number of carbonyl (C=O) groups is 1. The Morgan fingerprint density at radius 2 is 2.18 bits per heavy atom. The van der Waals surface area contributed by atoms with E-state index in [-0.39, 0.29) is 6.10 Å². The molecule has 0 aromatic heterocycles. The topological polar surface area (TPSA) is 35.5 Å². The Labute approximate surface area is 66.7 Å². The first-order valence-electron chi connectivity index (χ1n) is 4.10. The summed E-state index contributed by atoms with van der Waals surface area (Å²) in [4.78, 5) is 10.0. The molecule has 0 spiro atoms. The zero-order valence-electron chi connectivity index (χ0n) is 6.62. The van der Waals surface area contributed by atoms with Gasteiger partial charge in [-0.2, -0.15) is 0 Å². The Morgan fingerprint density at radius 3 is 3.00 bits per heavy atom. The smallest absolute Gasteiger partial charge is 0.293 e. The highest BCUT2D eigenvalue weighted by atomic mass is 16.5. The van der Waals surface area contributed by atoms with Gasteiger partial charge in [-0.15, -0.1) is 0 Å². The Bertz CT molecular complexity index is 106. The highest BCUT2D eigenvalue weighted by Crippen LogP contribution is 2.11. The molecule has 64 valence electrons. The van der Waals surface area contributed by atoms with Crippen molar-refractivity contribution in [3.63, 3.8) is 0 Å². The molecule has 1 rings (SSSR count). The first-order chi connectivity index (χ1) is 5.43. The molecule has 1 fully saturated rings. The largest absolute Gasteiger partial charge is 0.464 e. The van der Waals surface area contributed by atoms with Crippen LogP contribution in [0.1, 0.15) is 25.7 Å². The van der Waals surface area contributed by atoms with Crippen LogP contribution in [-0.2, 0) is 14.3 Å². The van der Waals surface area contributed by atoms with Gasteiger partial charge in [0.2, 0.25) is 0 Å². The lowest BCUT2D eigenvalue weighted by Gasteiger charge is -2.17. The van der Waals surface area contributed by atoms with Gasteiger partial charge >= 0.3 is 0 Å². The van der Waals surface area contributed by atoms with Gasteiger partial charge in [0.1, 0.15) is 6.10 Å². The molecule has 3 nitrogen and oxygen atoms in total. The summed E-state index contributed by atoms with van der Waals surface area (Å²) in [6.45, 7) is 2.11. The Hall–Kier alpha value is -0.570. The van der Waals surface area contributed by atoms with Crippen molar-refractivity contribution >= 4 is 6.47 Å². The van der Waals surface area contributed by atoms with Crippen LogP contribution < -0.4 is 0 Å². The van der Waals surface area contributed by atoms with E-state index in [1.807, 2.05) is 0 Å². The van der Waals surface area contributed by atoms with E-state index >= 15 is 0 Å². The van der Waals surface area contributed by atoms with Gasteiger partial charge in [-0.25, -0.2) is 0 Å². The summed E-state index contributed by atoms with van der Waals surface area (Å²) in [5, 5.41) is 0. The summed E-state index contributed by atoms with van der Waals surface area (Å²) < 4.78 is 10.1.